The fourth-order valence-electron chi connectivity index (χ4n) is 3.79. The van der Waals surface area contributed by atoms with Crippen LogP contribution in [0.1, 0.15) is 40.3 Å². The van der Waals surface area contributed by atoms with E-state index >= 15 is 0 Å². The van der Waals surface area contributed by atoms with Gasteiger partial charge in [0.25, 0.3) is 0 Å². The van der Waals surface area contributed by atoms with E-state index in [1.165, 1.54) is 22.3 Å². The first kappa shape index (κ1) is 19.5. The molecule has 0 unspecified atom stereocenters. The maximum Gasteiger partial charge on any atom is 0.127 e. The Kier molecular flexibility index (Phi) is 5.60. The molecule has 1 nitrogen and oxygen atoms in total. The molecular weight excluding hydrogens is 376 g/mol. The molecule has 0 N–H and O–H groups in total. The number of benzene rings is 3. The average Bonchev–Trinajstić information content (AvgIpc) is 2.73. The van der Waals surface area contributed by atoms with E-state index in [9.17, 15) is 0 Å². The first-order chi connectivity index (χ1) is 14.0. The molecule has 4 rings (SSSR count). The molecule has 2 heteroatoms. The average molecular weight is 401 g/mol. The number of rotatable bonds is 5. The van der Waals surface area contributed by atoms with Crippen LogP contribution >= 0.6 is 11.6 Å². The Labute approximate surface area is 178 Å². The fourth-order valence-corrected chi connectivity index (χ4v) is 4.03. The van der Waals surface area contributed by atoms with Gasteiger partial charge in [-0.05, 0) is 64.4 Å². The summed E-state index contributed by atoms with van der Waals surface area (Å²) >= 11 is 6.49. The van der Waals surface area contributed by atoms with E-state index in [0.29, 0.717) is 6.61 Å². The lowest BCUT2D eigenvalue weighted by molar-refractivity contribution is 0.305. The van der Waals surface area contributed by atoms with Crippen LogP contribution < -0.4 is 4.74 Å². The molecule has 0 amide bonds. The Hall–Kier alpha value is -2.77. The second-order valence-electron chi connectivity index (χ2n) is 7.60. The van der Waals surface area contributed by atoms with E-state index in [4.69, 9.17) is 16.3 Å². The second-order valence-corrected chi connectivity index (χ2v) is 8.00. The number of hydrogen-bond acceptors (Lipinski definition) is 1. The lowest BCUT2D eigenvalue weighted by Gasteiger charge is -2.22. The van der Waals surface area contributed by atoms with Crippen LogP contribution in [0.5, 0.6) is 5.75 Å². The lowest BCUT2D eigenvalue weighted by atomic mass is 9.85. The summed E-state index contributed by atoms with van der Waals surface area (Å²) in [4.78, 5) is 0. The smallest absolute Gasteiger partial charge is 0.127 e. The minimum atomic E-state index is 0.548. The lowest BCUT2D eigenvalue weighted by Crippen LogP contribution is -2.05. The highest BCUT2D eigenvalue weighted by atomic mass is 35.5. The highest BCUT2D eigenvalue weighted by molar-refractivity contribution is 6.31. The first-order valence-corrected chi connectivity index (χ1v) is 10.4. The van der Waals surface area contributed by atoms with E-state index in [1.807, 2.05) is 12.1 Å². The zero-order chi connectivity index (χ0) is 20.4. The minimum absolute atomic E-state index is 0.548. The Bertz CT molecular complexity index is 1090. The summed E-state index contributed by atoms with van der Waals surface area (Å²) in [5.41, 5.74) is 9.24. The van der Waals surface area contributed by atoms with Crippen molar-refractivity contribution in [3.63, 3.8) is 0 Å². The summed E-state index contributed by atoms with van der Waals surface area (Å²) in [7, 11) is 0. The maximum absolute atomic E-state index is 6.49. The Morgan fingerprint density at radius 1 is 0.966 bits per heavy atom. The van der Waals surface area contributed by atoms with Crippen molar-refractivity contribution in [2.75, 3.05) is 0 Å². The molecule has 0 saturated heterocycles. The zero-order valence-corrected chi connectivity index (χ0v) is 17.7. The molecule has 0 saturated carbocycles. The number of halogens is 1. The third-order valence-electron chi connectivity index (χ3n) is 5.49. The Balaban J connectivity index is 1.63. The van der Waals surface area contributed by atoms with Gasteiger partial charge in [0.2, 0.25) is 0 Å². The Morgan fingerprint density at radius 3 is 2.48 bits per heavy atom. The molecule has 0 fully saturated rings. The van der Waals surface area contributed by atoms with E-state index in [2.05, 4.69) is 75.0 Å². The van der Waals surface area contributed by atoms with Gasteiger partial charge in [0.1, 0.15) is 12.4 Å². The molecule has 0 radical (unpaired) electrons. The number of ether oxygens (including phenoxy) is 1. The van der Waals surface area contributed by atoms with Gasteiger partial charge in [0.15, 0.2) is 0 Å². The molecule has 0 aliphatic heterocycles. The van der Waals surface area contributed by atoms with Gasteiger partial charge in [-0.15, -0.1) is 0 Å². The van der Waals surface area contributed by atoms with Gasteiger partial charge in [-0.3, -0.25) is 0 Å². The molecule has 1 aliphatic carbocycles. The molecule has 0 spiro atoms. The molecule has 3 aromatic rings. The summed E-state index contributed by atoms with van der Waals surface area (Å²) in [5, 5.41) is 0.792. The number of allylic oxidation sites excluding steroid dienone is 3. The predicted octanol–water partition coefficient (Wildman–Crippen LogP) is 7.44. The molecule has 0 heterocycles. The largest absolute Gasteiger partial charge is 0.488 e. The standard InChI is InChI=1S/C27H25ClO/c1-4-20-9-11-21(12-10-20)17-29-27-14-18(2)8-13-24(27)22-15-19(3)23-6-5-7-26(28)25(23)16-22/h5-15H,3-4,16-17H2,1-2H3. The van der Waals surface area contributed by atoms with E-state index in [-0.39, 0.29) is 0 Å². The van der Waals surface area contributed by atoms with Gasteiger partial charge in [-0.25, -0.2) is 0 Å². The van der Waals surface area contributed by atoms with Crippen LogP contribution in [0.2, 0.25) is 5.02 Å². The van der Waals surface area contributed by atoms with Gasteiger partial charge < -0.3 is 4.74 Å². The van der Waals surface area contributed by atoms with Gasteiger partial charge >= 0.3 is 0 Å². The Morgan fingerprint density at radius 2 is 1.72 bits per heavy atom. The topological polar surface area (TPSA) is 9.23 Å². The molecule has 29 heavy (non-hydrogen) atoms. The van der Waals surface area contributed by atoms with Gasteiger partial charge in [0, 0.05) is 17.0 Å². The van der Waals surface area contributed by atoms with Crippen molar-refractivity contribution in [2.24, 2.45) is 0 Å². The molecule has 1 aliphatic rings. The van der Waals surface area contributed by atoms with Crippen LogP contribution in [0, 0.1) is 6.92 Å². The van der Waals surface area contributed by atoms with Crippen molar-refractivity contribution in [3.8, 4) is 5.75 Å². The summed E-state index contributed by atoms with van der Waals surface area (Å²) in [5.74, 6) is 0.902. The first-order valence-electron chi connectivity index (χ1n) is 10.0. The zero-order valence-electron chi connectivity index (χ0n) is 17.0. The SMILES string of the molecule is C=C1C=C(c2ccc(C)cc2OCc2ccc(CC)cc2)Cc2c(Cl)cccc21. The fraction of sp³-hybridized carbons (Fsp3) is 0.185. The number of fused-ring (bicyclic) bond motifs is 1. The van der Waals surface area contributed by atoms with Crippen LogP contribution in [0.25, 0.3) is 11.1 Å². The monoisotopic (exact) mass is 400 g/mol. The van der Waals surface area contributed by atoms with E-state index in [1.54, 1.807) is 0 Å². The summed E-state index contributed by atoms with van der Waals surface area (Å²) in [6.07, 6.45) is 3.98. The van der Waals surface area contributed by atoms with Crippen molar-refractivity contribution in [3.05, 3.63) is 112 Å². The molecular formula is C27H25ClO. The van der Waals surface area contributed by atoms with Crippen molar-refractivity contribution >= 4 is 22.7 Å². The molecule has 0 atom stereocenters. The number of hydrogen-bond donors (Lipinski definition) is 0. The maximum atomic E-state index is 6.49. The quantitative estimate of drug-likeness (QED) is 0.432. The van der Waals surface area contributed by atoms with Crippen molar-refractivity contribution in [1.82, 2.24) is 0 Å². The van der Waals surface area contributed by atoms with Crippen molar-refractivity contribution in [1.29, 1.82) is 0 Å². The number of aryl methyl sites for hydroxylation is 2. The van der Waals surface area contributed by atoms with E-state index < -0.39 is 0 Å². The highest BCUT2D eigenvalue weighted by Crippen LogP contribution is 2.39. The van der Waals surface area contributed by atoms with Gasteiger partial charge in [-0.1, -0.05) is 79.7 Å². The normalized spacial score (nSPS) is 13.1. The van der Waals surface area contributed by atoms with Crippen LogP contribution in [0.4, 0.5) is 0 Å². The van der Waals surface area contributed by atoms with Crippen LogP contribution in [-0.2, 0) is 19.4 Å². The molecule has 146 valence electrons. The van der Waals surface area contributed by atoms with Crippen LogP contribution in [0.15, 0.2) is 73.3 Å². The highest BCUT2D eigenvalue weighted by Gasteiger charge is 2.20. The van der Waals surface area contributed by atoms with Crippen molar-refractivity contribution in [2.45, 2.75) is 33.3 Å². The van der Waals surface area contributed by atoms with Gasteiger partial charge in [-0.2, -0.15) is 0 Å². The molecule has 3 aromatic carbocycles. The molecule has 0 aromatic heterocycles. The third-order valence-corrected chi connectivity index (χ3v) is 5.84. The summed E-state index contributed by atoms with van der Waals surface area (Å²) in [6.45, 7) is 9.06. The van der Waals surface area contributed by atoms with Crippen LogP contribution in [0.3, 0.4) is 0 Å². The molecule has 0 bridgehead atoms. The minimum Gasteiger partial charge on any atom is -0.488 e. The van der Waals surface area contributed by atoms with Gasteiger partial charge in [0.05, 0.1) is 0 Å². The van der Waals surface area contributed by atoms with E-state index in [0.717, 1.165) is 45.9 Å². The summed E-state index contributed by atoms with van der Waals surface area (Å²) < 4.78 is 6.28. The third kappa shape index (κ3) is 4.16. The predicted molar refractivity (Wildman–Crippen MR) is 123 cm³/mol. The second kappa shape index (κ2) is 8.31. The van der Waals surface area contributed by atoms with Crippen LogP contribution in [-0.4, -0.2) is 0 Å². The van der Waals surface area contributed by atoms with Crippen molar-refractivity contribution < 1.29 is 4.74 Å². The summed E-state index contributed by atoms with van der Waals surface area (Å²) in [6, 6.07) is 21.0.